The Morgan fingerprint density at radius 2 is 0.900 bits per heavy atom. The van der Waals surface area contributed by atoms with Crippen LogP contribution in [-0.2, 0) is 63.7 Å². The molecule has 1 fully saturated rings. The quantitative estimate of drug-likeness (QED) is 0.0368. The summed E-state index contributed by atoms with van der Waals surface area (Å²) in [5.74, 6) is -0.150. The Hall–Kier alpha value is -6.17. The predicted molar refractivity (Wildman–Crippen MR) is 318 cm³/mol. The maximum atomic E-state index is 12.0. The molecule has 0 spiro atoms. The Balaban J connectivity index is 0.00000122. The summed E-state index contributed by atoms with van der Waals surface area (Å²) in [6, 6.07) is 30.5. The largest absolute Gasteiger partial charge is 0.507 e. The fraction of sp³-hybridized carbons (Fsp3) is 0.523. The number of carboxylic acids is 2. The van der Waals surface area contributed by atoms with Crippen LogP contribution in [0.15, 0.2) is 94.9 Å². The molecule has 5 aliphatic rings. The summed E-state index contributed by atoms with van der Waals surface area (Å²) in [6.45, 7) is 26.2. The van der Waals surface area contributed by atoms with Crippen molar-refractivity contribution in [3.63, 3.8) is 0 Å². The van der Waals surface area contributed by atoms with Gasteiger partial charge < -0.3 is 27.9 Å². The van der Waals surface area contributed by atoms with E-state index in [4.69, 9.17) is 29.8 Å². The minimum absolute atomic E-state index is 0. The molecular formula is C65H91CrN8O6+. The first kappa shape index (κ1) is 63.0. The number of aliphatic imine (C=N–C) groups is 2. The topological polar surface area (TPSA) is 159 Å². The minimum Gasteiger partial charge on any atom is -0.507 e. The molecule has 14 nitrogen and oxygen atoms in total. The first-order chi connectivity index (χ1) is 37.4. The summed E-state index contributed by atoms with van der Waals surface area (Å²) in [6.07, 6.45) is 16.3. The van der Waals surface area contributed by atoms with Crippen LogP contribution in [-0.4, -0.2) is 163 Å². The molecule has 9 rings (SSSR count). The van der Waals surface area contributed by atoms with E-state index in [-0.39, 0.29) is 47.7 Å². The number of aromatic hydroxyl groups is 2. The smallest absolute Gasteiger partial charge is 0.414 e. The zero-order valence-corrected chi connectivity index (χ0v) is 50.2. The molecule has 0 radical (unpaired) electrons. The van der Waals surface area contributed by atoms with Crippen molar-refractivity contribution >= 4 is 36.3 Å². The van der Waals surface area contributed by atoms with Crippen molar-refractivity contribution < 1.29 is 56.5 Å². The molecule has 4 aromatic rings. The summed E-state index contributed by atoms with van der Waals surface area (Å²) in [4.78, 5) is 39.1. The van der Waals surface area contributed by atoms with Crippen LogP contribution in [0.3, 0.4) is 0 Å². The van der Waals surface area contributed by atoms with Crippen LogP contribution < -0.4 is 0 Å². The first-order valence-corrected chi connectivity index (χ1v) is 29.0. The minimum atomic E-state index is -1.82. The number of hydrogen-bond acceptors (Lipinski definition) is 10. The maximum absolute atomic E-state index is 12.0. The third-order valence-corrected chi connectivity index (χ3v) is 16.2. The number of rotatable bonds is 16. The number of nitrogens with zero attached hydrogens (tertiary/aromatic N) is 8. The van der Waals surface area contributed by atoms with Gasteiger partial charge in [-0.1, -0.05) is 127 Å². The van der Waals surface area contributed by atoms with Gasteiger partial charge in [0.15, 0.2) is 0 Å². The van der Waals surface area contributed by atoms with E-state index in [1.807, 2.05) is 12.4 Å². The van der Waals surface area contributed by atoms with E-state index < -0.39 is 11.9 Å². The molecule has 2 atom stereocenters. The molecule has 0 saturated heterocycles. The van der Waals surface area contributed by atoms with Gasteiger partial charge in [0.25, 0.3) is 0 Å². The van der Waals surface area contributed by atoms with Crippen molar-refractivity contribution in [3.8, 4) is 11.5 Å². The molecule has 1 saturated carbocycles. The second-order valence-corrected chi connectivity index (χ2v) is 24.2. The van der Waals surface area contributed by atoms with Crippen molar-refractivity contribution in [3.05, 3.63) is 137 Å². The van der Waals surface area contributed by atoms with E-state index >= 15 is 0 Å². The normalized spacial score (nSPS) is 18.8. The molecule has 0 aromatic heterocycles. The van der Waals surface area contributed by atoms with Crippen LogP contribution in [0.25, 0.3) is 0 Å². The van der Waals surface area contributed by atoms with Gasteiger partial charge in [-0.15, -0.1) is 0 Å². The average molecular weight is 1130 g/mol. The number of phenolic OH excluding ortho intramolecular Hbond substituents is 2. The van der Waals surface area contributed by atoms with Gasteiger partial charge >= 0.3 is 23.9 Å². The van der Waals surface area contributed by atoms with Crippen LogP contribution in [0.5, 0.6) is 11.5 Å². The zero-order valence-electron chi connectivity index (χ0n) is 49.0. The van der Waals surface area contributed by atoms with Gasteiger partial charge in [0, 0.05) is 66.6 Å². The molecule has 432 valence electrons. The van der Waals surface area contributed by atoms with Crippen molar-refractivity contribution in [2.24, 2.45) is 9.98 Å². The molecule has 4 aliphatic heterocycles. The third kappa shape index (κ3) is 16.7. The van der Waals surface area contributed by atoms with Crippen LogP contribution >= 0.6 is 0 Å². The number of aliphatic carboxylic acids is 2. The molecule has 4 heterocycles. The van der Waals surface area contributed by atoms with Crippen molar-refractivity contribution in [1.82, 2.24) is 19.6 Å². The van der Waals surface area contributed by atoms with Gasteiger partial charge in [0.05, 0.1) is 90.6 Å². The van der Waals surface area contributed by atoms with Crippen LogP contribution in [0.1, 0.15) is 150 Å². The molecule has 2 unspecified atom stereocenters. The summed E-state index contributed by atoms with van der Waals surface area (Å²) < 4.78 is 5.21. The first-order valence-electron chi connectivity index (χ1n) is 29.0. The fourth-order valence-electron chi connectivity index (χ4n) is 12.0. The molecule has 0 bridgehead atoms. The number of aryl methyl sites for hydroxylation is 2. The van der Waals surface area contributed by atoms with E-state index in [9.17, 15) is 10.2 Å². The van der Waals surface area contributed by atoms with E-state index in [0.717, 1.165) is 152 Å². The number of carboxylic acid groups (broad SMARTS) is 2. The van der Waals surface area contributed by atoms with Gasteiger partial charge in [-0.05, 0) is 94.9 Å². The number of hydrogen-bond donors (Lipinski definition) is 4. The number of carbonyl (C=O) groups is 2. The van der Waals surface area contributed by atoms with Crippen molar-refractivity contribution in [1.29, 1.82) is 0 Å². The summed E-state index contributed by atoms with van der Waals surface area (Å²) in [5.41, 5.74) is 8.60. The monoisotopic (exact) mass is 1130 g/mol. The Kier molecular flexibility index (Phi) is 22.8. The number of benzene rings is 4. The van der Waals surface area contributed by atoms with Gasteiger partial charge in [-0.3, -0.25) is 38.7 Å². The second kappa shape index (κ2) is 29.0. The fourth-order valence-corrected chi connectivity index (χ4v) is 12.0. The summed E-state index contributed by atoms with van der Waals surface area (Å²) >= 11 is 0. The Bertz CT molecular complexity index is 2620. The molecule has 4 aromatic carbocycles. The Labute approximate surface area is 488 Å². The molecular weight excluding hydrogens is 1040 g/mol. The molecule has 1 aliphatic carbocycles. The van der Waals surface area contributed by atoms with E-state index in [1.54, 1.807) is 0 Å². The van der Waals surface area contributed by atoms with Gasteiger partial charge in [-0.25, -0.2) is 9.59 Å². The van der Waals surface area contributed by atoms with E-state index in [0.29, 0.717) is 11.5 Å². The standard InChI is InChI=1S/C62H84N8O2.C2H2O4.CH3.Cr/c1-61(2,3)53-39-49(25-15-29-65-31-17-33-67-35-19-37-69(59(65)67)45-47-21-9-7-10-22-47)57(71)51(41-53)43-63-55-27-13-14-28-56(55)64-44-52-42-54(62(4,5)6)40-50(58(52)72)26-16-30-66-32-18-34-68-36-20-38-70(60(66)68)46-48-23-11-8-12-24-48;3-1(4)2(5)6;;/h7-12,21-24,39-44,55-56H,13-20,25-38,45-46H2,1-6H3;(H,3,4)(H,5,6);1H3;/q;;-1;/p+2. The third-order valence-electron chi connectivity index (χ3n) is 16.2. The molecule has 0 amide bonds. The summed E-state index contributed by atoms with van der Waals surface area (Å²) in [5, 5.41) is 38.7. The average Bonchev–Trinajstić information content (AvgIpc) is 3.43. The van der Waals surface area contributed by atoms with Crippen molar-refractivity contribution in [2.75, 3.05) is 65.4 Å². The number of guanidine groups is 2. The number of phenols is 2. The predicted octanol–water partition coefficient (Wildman–Crippen LogP) is 9.97. The van der Waals surface area contributed by atoms with Gasteiger partial charge in [0.2, 0.25) is 0 Å². The Morgan fingerprint density at radius 1 is 0.550 bits per heavy atom. The Morgan fingerprint density at radius 3 is 1.24 bits per heavy atom. The SMILES string of the molecule is CC(C)(C)c1cc(C=NC2CCCCC2N=Cc2cc(C(C)(C)C)cc(CCCN3CCC[N+]4=C3N(Cc3ccccc3)CCC4)c2O)c(O)c(CCCN2CCC[N+]3=C2N(Cc2ccccc2)CCC3)c1.O=C(O)C(=O)O.[CH3-].[Cr]. The van der Waals surface area contributed by atoms with Gasteiger partial charge in [-0.2, -0.15) is 0 Å². The maximum Gasteiger partial charge on any atom is 0.414 e. The van der Waals surface area contributed by atoms with E-state index in [1.165, 1.54) is 59.9 Å². The zero-order chi connectivity index (χ0) is 55.4. The molecule has 80 heavy (non-hydrogen) atoms. The van der Waals surface area contributed by atoms with Crippen molar-refractivity contribution in [2.45, 2.75) is 155 Å². The molecule has 4 N–H and O–H groups in total. The van der Waals surface area contributed by atoms with Gasteiger partial charge in [0.1, 0.15) is 11.5 Å². The summed E-state index contributed by atoms with van der Waals surface area (Å²) in [7, 11) is 0. The van der Waals surface area contributed by atoms with E-state index in [2.05, 4.69) is 155 Å². The van der Waals surface area contributed by atoms with Crippen LogP contribution in [0.4, 0.5) is 0 Å². The second-order valence-electron chi connectivity index (χ2n) is 24.2. The van der Waals surface area contributed by atoms with Crippen LogP contribution in [0, 0.1) is 7.43 Å². The van der Waals surface area contributed by atoms with Crippen LogP contribution in [0.2, 0.25) is 0 Å². The molecule has 15 heteroatoms.